The van der Waals surface area contributed by atoms with Gasteiger partial charge in [0.2, 0.25) is 0 Å². The van der Waals surface area contributed by atoms with Crippen molar-refractivity contribution < 1.29 is 14.2 Å². The number of nitrogens with zero attached hydrogens (tertiary/aromatic N) is 1. The maximum Gasteiger partial charge on any atom is 0.123 e. The van der Waals surface area contributed by atoms with Gasteiger partial charge in [0.15, 0.2) is 0 Å². The van der Waals surface area contributed by atoms with E-state index in [1.165, 1.54) is 12.1 Å². The van der Waals surface area contributed by atoms with Crippen LogP contribution >= 0.6 is 0 Å². The molecule has 96 valence electrons. The standard InChI is InChI=1S/C13H20FNO2/c1-9(8-17-4)15(3)13-6-5-11(14)7-12(13)10(2)16/h5-7,9-10,16H,8H2,1-4H3/t9?,10-/m1/s1. The van der Waals surface area contributed by atoms with E-state index in [1.807, 2.05) is 18.9 Å². The number of anilines is 1. The maximum absolute atomic E-state index is 13.2. The lowest BCUT2D eigenvalue weighted by molar-refractivity contribution is 0.182. The van der Waals surface area contributed by atoms with Crippen LogP contribution in [0.2, 0.25) is 0 Å². The number of hydrogen-bond donors (Lipinski definition) is 1. The maximum atomic E-state index is 13.2. The predicted molar refractivity (Wildman–Crippen MR) is 66.8 cm³/mol. The number of aliphatic hydroxyl groups excluding tert-OH is 1. The van der Waals surface area contributed by atoms with Gasteiger partial charge >= 0.3 is 0 Å². The molecular formula is C13H20FNO2. The van der Waals surface area contributed by atoms with Gasteiger partial charge in [-0.1, -0.05) is 0 Å². The number of benzene rings is 1. The molecule has 0 bridgehead atoms. The highest BCUT2D eigenvalue weighted by atomic mass is 19.1. The molecular weight excluding hydrogens is 221 g/mol. The van der Waals surface area contributed by atoms with E-state index in [-0.39, 0.29) is 11.9 Å². The SMILES string of the molecule is COCC(C)N(C)c1ccc(F)cc1[C@@H](C)O. The molecule has 0 saturated carbocycles. The van der Waals surface area contributed by atoms with E-state index in [2.05, 4.69) is 0 Å². The summed E-state index contributed by atoms with van der Waals surface area (Å²) in [7, 11) is 3.55. The molecule has 0 aliphatic rings. The van der Waals surface area contributed by atoms with Gasteiger partial charge in [-0.3, -0.25) is 0 Å². The van der Waals surface area contributed by atoms with E-state index in [0.29, 0.717) is 12.2 Å². The fraction of sp³-hybridized carbons (Fsp3) is 0.538. The average molecular weight is 241 g/mol. The third-order valence-electron chi connectivity index (χ3n) is 2.89. The molecule has 17 heavy (non-hydrogen) atoms. The second kappa shape index (κ2) is 5.98. The Bertz CT molecular complexity index is 368. The lowest BCUT2D eigenvalue weighted by atomic mass is 10.1. The zero-order valence-corrected chi connectivity index (χ0v) is 10.8. The van der Waals surface area contributed by atoms with Crippen LogP contribution in [0.4, 0.5) is 10.1 Å². The lowest BCUT2D eigenvalue weighted by Gasteiger charge is -2.29. The summed E-state index contributed by atoms with van der Waals surface area (Å²) in [5, 5.41) is 9.66. The monoisotopic (exact) mass is 241 g/mol. The molecule has 0 heterocycles. The van der Waals surface area contributed by atoms with Gasteiger partial charge < -0.3 is 14.7 Å². The van der Waals surface area contributed by atoms with Crippen molar-refractivity contribution in [3.8, 4) is 0 Å². The van der Waals surface area contributed by atoms with Crippen LogP contribution in [0.3, 0.4) is 0 Å². The second-order valence-corrected chi connectivity index (χ2v) is 4.29. The Hall–Kier alpha value is -1.13. The van der Waals surface area contributed by atoms with Crippen LogP contribution in [0.15, 0.2) is 18.2 Å². The molecule has 0 amide bonds. The number of methoxy groups -OCH3 is 1. The summed E-state index contributed by atoms with van der Waals surface area (Å²) in [4.78, 5) is 1.98. The Morgan fingerprint density at radius 2 is 2.06 bits per heavy atom. The normalized spacial score (nSPS) is 14.5. The number of hydrogen-bond acceptors (Lipinski definition) is 3. The molecule has 1 aromatic rings. The van der Waals surface area contributed by atoms with E-state index in [1.54, 1.807) is 20.1 Å². The zero-order valence-electron chi connectivity index (χ0n) is 10.8. The molecule has 1 aromatic carbocycles. The molecule has 0 fully saturated rings. The summed E-state index contributed by atoms with van der Waals surface area (Å²) < 4.78 is 18.3. The van der Waals surface area contributed by atoms with Crippen LogP contribution in [-0.2, 0) is 4.74 Å². The van der Waals surface area contributed by atoms with Crippen molar-refractivity contribution in [2.24, 2.45) is 0 Å². The van der Waals surface area contributed by atoms with Gasteiger partial charge in [-0.15, -0.1) is 0 Å². The van der Waals surface area contributed by atoms with Crippen molar-refractivity contribution in [1.29, 1.82) is 0 Å². The third-order valence-corrected chi connectivity index (χ3v) is 2.89. The van der Waals surface area contributed by atoms with Crippen LogP contribution in [0.5, 0.6) is 0 Å². The van der Waals surface area contributed by atoms with Crippen LogP contribution in [-0.4, -0.2) is 31.9 Å². The Kier molecular flexibility index (Phi) is 4.90. The molecule has 0 spiro atoms. The summed E-state index contributed by atoms with van der Waals surface area (Å²) >= 11 is 0. The molecule has 4 heteroatoms. The molecule has 1 N–H and O–H groups in total. The minimum absolute atomic E-state index is 0.156. The van der Waals surface area contributed by atoms with Gasteiger partial charge in [-0.2, -0.15) is 0 Å². The Labute approximate surface area is 102 Å². The first-order chi connectivity index (χ1) is 7.97. The highest BCUT2D eigenvalue weighted by molar-refractivity contribution is 5.54. The minimum atomic E-state index is -0.696. The molecule has 1 rings (SSSR count). The highest BCUT2D eigenvalue weighted by Gasteiger charge is 2.16. The summed E-state index contributed by atoms with van der Waals surface area (Å²) in [6, 6.07) is 4.61. The van der Waals surface area contributed by atoms with Crippen LogP contribution in [0.1, 0.15) is 25.5 Å². The van der Waals surface area contributed by atoms with Crippen molar-refractivity contribution in [3.63, 3.8) is 0 Å². The van der Waals surface area contributed by atoms with E-state index in [4.69, 9.17) is 4.74 Å². The van der Waals surface area contributed by atoms with Crippen LogP contribution < -0.4 is 4.90 Å². The number of ether oxygens (including phenoxy) is 1. The van der Waals surface area contributed by atoms with Crippen molar-refractivity contribution in [2.45, 2.75) is 26.0 Å². The highest BCUT2D eigenvalue weighted by Crippen LogP contribution is 2.27. The largest absolute Gasteiger partial charge is 0.389 e. The van der Waals surface area contributed by atoms with Gasteiger partial charge in [0, 0.05) is 31.5 Å². The first-order valence-corrected chi connectivity index (χ1v) is 5.66. The van der Waals surface area contributed by atoms with Gasteiger partial charge in [0.25, 0.3) is 0 Å². The number of halogens is 1. The van der Waals surface area contributed by atoms with Gasteiger partial charge in [-0.05, 0) is 32.0 Å². The van der Waals surface area contributed by atoms with Crippen molar-refractivity contribution >= 4 is 5.69 Å². The summed E-state index contributed by atoms with van der Waals surface area (Å²) in [6.07, 6.45) is -0.696. The molecule has 0 radical (unpaired) electrons. The lowest BCUT2D eigenvalue weighted by Crippen LogP contribution is -2.33. The van der Waals surface area contributed by atoms with E-state index < -0.39 is 6.10 Å². The van der Waals surface area contributed by atoms with E-state index >= 15 is 0 Å². The van der Waals surface area contributed by atoms with Gasteiger partial charge in [0.05, 0.1) is 12.7 Å². The average Bonchev–Trinajstić information content (AvgIpc) is 2.28. The van der Waals surface area contributed by atoms with Crippen molar-refractivity contribution in [3.05, 3.63) is 29.6 Å². The van der Waals surface area contributed by atoms with Gasteiger partial charge in [-0.25, -0.2) is 4.39 Å². The van der Waals surface area contributed by atoms with Crippen LogP contribution in [0, 0.1) is 5.82 Å². The zero-order chi connectivity index (χ0) is 13.0. The molecule has 1 unspecified atom stereocenters. The molecule has 0 aliphatic heterocycles. The third kappa shape index (κ3) is 3.41. The molecule has 2 atom stereocenters. The number of aliphatic hydroxyl groups is 1. The molecule has 0 aliphatic carbocycles. The summed E-state index contributed by atoms with van der Waals surface area (Å²) in [5.74, 6) is -0.336. The molecule has 0 aromatic heterocycles. The second-order valence-electron chi connectivity index (χ2n) is 4.29. The minimum Gasteiger partial charge on any atom is -0.389 e. The topological polar surface area (TPSA) is 32.7 Å². The van der Waals surface area contributed by atoms with Crippen molar-refractivity contribution in [1.82, 2.24) is 0 Å². The van der Waals surface area contributed by atoms with Crippen LogP contribution in [0.25, 0.3) is 0 Å². The predicted octanol–water partition coefficient (Wildman–Crippen LogP) is 2.35. The fourth-order valence-electron chi connectivity index (χ4n) is 1.77. The van der Waals surface area contributed by atoms with E-state index in [9.17, 15) is 9.50 Å². The number of likely N-dealkylation sites (N-methyl/N-ethyl adjacent to an activating group) is 1. The first-order valence-electron chi connectivity index (χ1n) is 5.66. The Morgan fingerprint density at radius 3 is 2.59 bits per heavy atom. The first kappa shape index (κ1) is 13.9. The summed E-state index contributed by atoms with van der Waals surface area (Å²) in [6.45, 7) is 4.22. The molecule has 0 saturated heterocycles. The Morgan fingerprint density at radius 1 is 1.41 bits per heavy atom. The quantitative estimate of drug-likeness (QED) is 0.859. The fourth-order valence-corrected chi connectivity index (χ4v) is 1.77. The number of rotatable bonds is 5. The Balaban J connectivity index is 3.03. The molecule has 3 nitrogen and oxygen atoms in total. The summed E-state index contributed by atoms with van der Waals surface area (Å²) in [5.41, 5.74) is 1.42. The smallest absolute Gasteiger partial charge is 0.123 e. The van der Waals surface area contributed by atoms with E-state index in [0.717, 1.165) is 5.69 Å². The van der Waals surface area contributed by atoms with Crippen molar-refractivity contribution in [2.75, 3.05) is 25.7 Å². The van der Waals surface area contributed by atoms with Gasteiger partial charge in [0.1, 0.15) is 5.82 Å².